The van der Waals surface area contributed by atoms with Crippen molar-refractivity contribution in [3.63, 3.8) is 0 Å². The zero-order valence-corrected chi connectivity index (χ0v) is 8.83. The van der Waals surface area contributed by atoms with E-state index in [4.69, 9.17) is 4.74 Å². The van der Waals surface area contributed by atoms with E-state index in [9.17, 15) is 14.7 Å². The van der Waals surface area contributed by atoms with Gasteiger partial charge in [0.15, 0.2) is 11.6 Å². The molecule has 0 unspecified atom stereocenters. The van der Waals surface area contributed by atoms with Gasteiger partial charge in [-0.2, -0.15) is 0 Å². The van der Waals surface area contributed by atoms with E-state index in [1.807, 2.05) is 0 Å². The summed E-state index contributed by atoms with van der Waals surface area (Å²) in [4.78, 5) is 22.4. The van der Waals surface area contributed by atoms with E-state index in [0.717, 1.165) is 0 Å². The van der Waals surface area contributed by atoms with Crippen molar-refractivity contribution >= 4 is 11.6 Å². The molecule has 0 spiro atoms. The summed E-state index contributed by atoms with van der Waals surface area (Å²) in [5.41, 5.74) is 0.194. The van der Waals surface area contributed by atoms with E-state index in [1.165, 1.54) is 33.1 Å². The fourth-order valence-electron chi connectivity index (χ4n) is 1.26. The molecule has 0 atom stereocenters. The van der Waals surface area contributed by atoms with Gasteiger partial charge in [-0.3, -0.25) is 9.59 Å². The van der Waals surface area contributed by atoms with Crippen molar-refractivity contribution in [1.82, 2.24) is 0 Å². The number of rotatable bonds is 3. The monoisotopic (exact) mass is 208 g/mol. The van der Waals surface area contributed by atoms with E-state index in [0.29, 0.717) is 5.75 Å². The zero-order chi connectivity index (χ0) is 11.6. The molecule has 0 aromatic heterocycles. The minimum atomic E-state index is -0.311. The first-order valence-corrected chi connectivity index (χ1v) is 4.40. The number of carbonyl (C=O) groups is 2. The third-order valence-electron chi connectivity index (χ3n) is 2.08. The van der Waals surface area contributed by atoms with Gasteiger partial charge in [-0.15, -0.1) is 0 Å². The standard InChI is InChI=1S/C11H12O4/c1-6(12)9-4-8(15-3)5-10(7(2)13)11(9)14/h4-5,14H,1-3H3. The minimum absolute atomic E-state index is 0.0968. The number of ether oxygens (including phenoxy) is 1. The Kier molecular flexibility index (Phi) is 3.09. The first-order chi connectivity index (χ1) is 6.97. The summed E-state index contributed by atoms with van der Waals surface area (Å²) in [6, 6.07) is 2.81. The number of Topliss-reactive ketones (excluding diaryl/α,β-unsaturated/α-hetero) is 2. The Balaban J connectivity index is 3.47. The molecule has 0 heterocycles. The molecule has 4 heteroatoms. The number of methoxy groups -OCH3 is 1. The lowest BCUT2D eigenvalue weighted by Gasteiger charge is -2.08. The van der Waals surface area contributed by atoms with Crippen molar-refractivity contribution in [2.24, 2.45) is 0 Å². The van der Waals surface area contributed by atoms with Gasteiger partial charge in [0, 0.05) is 0 Å². The number of aromatic hydroxyl groups is 1. The molecule has 4 nitrogen and oxygen atoms in total. The maximum atomic E-state index is 11.2. The summed E-state index contributed by atoms with van der Waals surface area (Å²) in [6.45, 7) is 2.64. The van der Waals surface area contributed by atoms with Gasteiger partial charge in [0.05, 0.1) is 18.2 Å². The van der Waals surface area contributed by atoms with Crippen LogP contribution in [0.15, 0.2) is 12.1 Å². The van der Waals surface area contributed by atoms with Gasteiger partial charge < -0.3 is 9.84 Å². The maximum Gasteiger partial charge on any atom is 0.163 e. The predicted octanol–water partition coefficient (Wildman–Crippen LogP) is 1.81. The minimum Gasteiger partial charge on any atom is -0.506 e. The Morgan fingerprint density at radius 1 is 1.13 bits per heavy atom. The molecule has 0 amide bonds. The Hall–Kier alpha value is -1.84. The van der Waals surface area contributed by atoms with E-state index in [-0.39, 0.29) is 28.4 Å². The van der Waals surface area contributed by atoms with Crippen LogP contribution in [-0.4, -0.2) is 23.8 Å². The lowest BCUT2D eigenvalue weighted by molar-refractivity contribution is 0.101. The summed E-state index contributed by atoms with van der Waals surface area (Å²) in [5, 5.41) is 9.65. The van der Waals surface area contributed by atoms with Crippen LogP contribution in [0.3, 0.4) is 0 Å². The number of phenols is 1. The molecular weight excluding hydrogens is 196 g/mol. The number of benzene rings is 1. The van der Waals surface area contributed by atoms with Crippen molar-refractivity contribution < 1.29 is 19.4 Å². The number of hydrogen-bond donors (Lipinski definition) is 1. The van der Waals surface area contributed by atoms with Crippen molar-refractivity contribution in [3.8, 4) is 11.5 Å². The average Bonchev–Trinajstić information content (AvgIpc) is 2.17. The van der Waals surface area contributed by atoms with Crippen LogP contribution in [-0.2, 0) is 0 Å². The number of hydrogen-bond acceptors (Lipinski definition) is 4. The van der Waals surface area contributed by atoms with Crippen LogP contribution < -0.4 is 4.74 Å². The highest BCUT2D eigenvalue weighted by Crippen LogP contribution is 2.29. The number of carbonyl (C=O) groups excluding carboxylic acids is 2. The lowest BCUT2D eigenvalue weighted by atomic mass is 10.0. The molecule has 0 saturated heterocycles. The Bertz CT molecular complexity index is 386. The topological polar surface area (TPSA) is 63.6 Å². The van der Waals surface area contributed by atoms with Gasteiger partial charge in [0.1, 0.15) is 11.5 Å². The molecule has 1 rings (SSSR count). The van der Waals surface area contributed by atoms with Crippen LogP contribution >= 0.6 is 0 Å². The van der Waals surface area contributed by atoms with Gasteiger partial charge in [-0.25, -0.2) is 0 Å². The van der Waals surface area contributed by atoms with E-state index in [2.05, 4.69) is 0 Å². The van der Waals surface area contributed by atoms with Crippen LogP contribution in [0.25, 0.3) is 0 Å². The van der Waals surface area contributed by atoms with Crippen LogP contribution in [0.4, 0.5) is 0 Å². The highest BCUT2D eigenvalue weighted by molar-refractivity contribution is 6.04. The highest BCUT2D eigenvalue weighted by Gasteiger charge is 2.16. The summed E-state index contributed by atoms with van der Waals surface area (Å²) in [5.74, 6) is -0.526. The molecule has 80 valence electrons. The predicted molar refractivity (Wildman–Crippen MR) is 54.7 cm³/mol. The second-order valence-electron chi connectivity index (χ2n) is 3.18. The molecule has 0 bridgehead atoms. The Labute approximate surface area is 87.5 Å². The molecule has 0 radical (unpaired) electrons. The van der Waals surface area contributed by atoms with Gasteiger partial charge in [0.25, 0.3) is 0 Å². The molecule has 0 fully saturated rings. The fraction of sp³-hybridized carbons (Fsp3) is 0.273. The van der Waals surface area contributed by atoms with Gasteiger partial charge in [0.2, 0.25) is 0 Å². The number of phenolic OH excluding ortho intramolecular Hbond substituents is 1. The van der Waals surface area contributed by atoms with Crippen molar-refractivity contribution in [2.75, 3.05) is 7.11 Å². The van der Waals surface area contributed by atoms with Gasteiger partial charge in [-0.05, 0) is 26.0 Å². The fourth-order valence-corrected chi connectivity index (χ4v) is 1.26. The van der Waals surface area contributed by atoms with Gasteiger partial charge in [-0.1, -0.05) is 0 Å². The van der Waals surface area contributed by atoms with Crippen LogP contribution in [0.5, 0.6) is 11.5 Å². The maximum absolute atomic E-state index is 11.2. The zero-order valence-electron chi connectivity index (χ0n) is 8.83. The molecule has 0 aliphatic rings. The van der Waals surface area contributed by atoms with Crippen molar-refractivity contribution in [2.45, 2.75) is 13.8 Å². The quantitative estimate of drug-likeness (QED) is 0.769. The summed E-state index contributed by atoms with van der Waals surface area (Å²) in [6.07, 6.45) is 0. The van der Waals surface area contributed by atoms with Crippen molar-refractivity contribution in [1.29, 1.82) is 0 Å². The van der Waals surface area contributed by atoms with Crippen LogP contribution in [0, 0.1) is 0 Å². The molecule has 1 aromatic rings. The molecule has 0 aliphatic heterocycles. The second kappa shape index (κ2) is 4.13. The molecule has 15 heavy (non-hydrogen) atoms. The normalized spacial score (nSPS) is 9.80. The van der Waals surface area contributed by atoms with E-state index < -0.39 is 0 Å². The SMILES string of the molecule is COc1cc(C(C)=O)c(O)c(C(C)=O)c1. The smallest absolute Gasteiger partial charge is 0.163 e. The Morgan fingerprint density at radius 2 is 1.53 bits per heavy atom. The average molecular weight is 208 g/mol. The second-order valence-corrected chi connectivity index (χ2v) is 3.18. The molecule has 1 aromatic carbocycles. The molecule has 1 N–H and O–H groups in total. The molecule has 0 saturated carbocycles. The van der Waals surface area contributed by atoms with Crippen LogP contribution in [0.2, 0.25) is 0 Å². The summed E-state index contributed by atoms with van der Waals surface area (Å²) < 4.78 is 4.94. The largest absolute Gasteiger partial charge is 0.506 e. The first-order valence-electron chi connectivity index (χ1n) is 4.40. The lowest BCUT2D eigenvalue weighted by Crippen LogP contribution is -2.01. The van der Waals surface area contributed by atoms with E-state index >= 15 is 0 Å². The van der Waals surface area contributed by atoms with Crippen LogP contribution in [0.1, 0.15) is 34.6 Å². The first kappa shape index (κ1) is 11.2. The van der Waals surface area contributed by atoms with Gasteiger partial charge >= 0.3 is 0 Å². The summed E-state index contributed by atoms with van der Waals surface area (Å²) in [7, 11) is 1.43. The highest BCUT2D eigenvalue weighted by atomic mass is 16.5. The molecule has 0 aliphatic carbocycles. The third-order valence-corrected chi connectivity index (χ3v) is 2.08. The summed E-state index contributed by atoms with van der Waals surface area (Å²) >= 11 is 0. The molecular formula is C11H12O4. The number of ketones is 2. The third kappa shape index (κ3) is 2.15. The Morgan fingerprint density at radius 3 is 1.80 bits per heavy atom. The van der Waals surface area contributed by atoms with Crippen molar-refractivity contribution in [3.05, 3.63) is 23.3 Å². The van der Waals surface area contributed by atoms with E-state index in [1.54, 1.807) is 0 Å².